The molecule has 0 saturated carbocycles. The molecule has 0 fully saturated rings. The molecule has 1 atom stereocenters. The van der Waals surface area contributed by atoms with Crippen LogP contribution in [0.2, 0.25) is 0 Å². The molecule has 2 N–H and O–H groups in total. The number of nitrogens with zero attached hydrogens (tertiary/aromatic N) is 3. The molecule has 31 heavy (non-hydrogen) atoms. The van der Waals surface area contributed by atoms with Gasteiger partial charge in [0.25, 0.3) is 5.91 Å². The van der Waals surface area contributed by atoms with Gasteiger partial charge in [-0.3, -0.25) is 14.9 Å². The third-order valence-corrected chi connectivity index (χ3v) is 5.13. The van der Waals surface area contributed by atoms with E-state index >= 15 is 0 Å². The lowest BCUT2D eigenvalue weighted by molar-refractivity contribution is -0.118. The first kappa shape index (κ1) is 20.8. The topological polar surface area (TPSA) is 107 Å². The zero-order chi connectivity index (χ0) is 22.0. The van der Waals surface area contributed by atoms with Crippen molar-refractivity contribution >= 4 is 39.4 Å². The first-order valence-corrected chi connectivity index (χ1v) is 9.99. The third-order valence-electron chi connectivity index (χ3n) is 4.63. The Morgan fingerprint density at radius 2 is 2.16 bits per heavy atom. The maximum absolute atomic E-state index is 13.9. The summed E-state index contributed by atoms with van der Waals surface area (Å²) in [5.41, 5.74) is 0.825. The van der Waals surface area contributed by atoms with Crippen LogP contribution in [0.25, 0.3) is 0 Å². The minimum Gasteiger partial charge on any atom is -0.493 e. The maximum Gasteiger partial charge on any atom is 0.262 e. The lowest BCUT2D eigenvalue weighted by atomic mass is 10.0. The van der Waals surface area contributed by atoms with Crippen molar-refractivity contribution in [3.8, 4) is 11.5 Å². The molecule has 1 aliphatic rings. The average molecular weight is 490 g/mol. The zero-order valence-corrected chi connectivity index (χ0v) is 17.8. The van der Waals surface area contributed by atoms with E-state index in [1.807, 2.05) is 0 Å². The van der Waals surface area contributed by atoms with Crippen molar-refractivity contribution in [3.05, 3.63) is 58.6 Å². The number of amides is 2. The predicted octanol–water partition coefficient (Wildman–Crippen LogP) is 3.14. The second-order valence-electron chi connectivity index (χ2n) is 6.67. The molecule has 0 aliphatic carbocycles. The van der Waals surface area contributed by atoms with Gasteiger partial charge in [-0.2, -0.15) is 10.1 Å². The van der Waals surface area contributed by atoms with Crippen LogP contribution in [0.15, 0.2) is 47.2 Å². The van der Waals surface area contributed by atoms with Crippen LogP contribution in [-0.2, 0) is 9.59 Å². The number of anilines is 2. The molecule has 2 amide bonds. The molecule has 0 spiro atoms. The fourth-order valence-electron chi connectivity index (χ4n) is 3.20. The first-order chi connectivity index (χ1) is 14.9. The van der Waals surface area contributed by atoms with Gasteiger partial charge in [-0.1, -0.05) is 22.0 Å². The van der Waals surface area contributed by atoms with Gasteiger partial charge in [-0.25, -0.2) is 9.07 Å². The molecule has 0 radical (unpaired) electrons. The fourth-order valence-corrected chi connectivity index (χ4v) is 3.53. The summed E-state index contributed by atoms with van der Waals surface area (Å²) < 4.78 is 27.0. The summed E-state index contributed by atoms with van der Waals surface area (Å²) in [6.07, 6.45) is 1.57. The summed E-state index contributed by atoms with van der Waals surface area (Å²) in [6.45, 7) is -0.343. The molecule has 160 valence electrons. The number of carbonyl (C=O) groups excluding carboxylic acids is 2. The number of nitrogens with one attached hydrogen (secondary N) is 2. The van der Waals surface area contributed by atoms with Crippen LogP contribution in [0.4, 0.5) is 16.0 Å². The summed E-state index contributed by atoms with van der Waals surface area (Å²) in [5, 5.41) is 9.29. The van der Waals surface area contributed by atoms with E-state index in [1.54, 1.807) is 28.9 Å². The van der Waals surface area contributed by atoms with Gasteiger partial charge in [0.15, 0.2) is 18.1 Å². The zero-order valence-electron chi connectivity index (χ0n) is 16.3. The molecular weight excluding hydrogens is 473 g/mol. The van der Waals surface area contributed by atoms with E-state index in [0.29, 0.717) is 21.9 Å². The number of hydrogen-bond acceptors (Lipinski definition) is 6. The van der Waals surface area contributed by atoms with Crippen LogP contribution >= 0.6 is 15.9 Å². The van der Waals surface area contributed by atoms with Crippen LogP contribution in [0.3, 0.4) is 0 Å². The normalized spacial score (nSPS) is 15.1. The lowest BCUT2D eigenvalue weighted by Gasteiger charge is -2.24. The molecule has 11 heteroatoms. The Morgan fingerprint density at radius 1 is 1.32 bits per heavy atom. The largest absolute Gasteiger partial charge is 0.493 e. The Bertz CT molecular complexity index is 1150. The Labute approximate surface area is 184 Å². The third kappa shape index (κ3) is 4.50. The smallest absolute Gasteiger partial charge is 0.262 e. The summed E-state index contributed by atoms with van der Waals surface area (Å²) in [5.74, 6) is -0.166. The van der Waals surface area contributed by atoms with Gasteiger partial charge >= 0.3 is 0 Å². The number of halogens is 2. The van der Waals surface area contributed by atoms with E-state index in [0.717, 1.165) is 5.56 Å². The highest BCUT2D eigenvalue weighted by Crippen LogP contribution is 2.35. The Hall–Kier alpha value is -3.47. The van der Waals surface area contributed by atoms with E-state index in [9.17, 15) is 14.0 Å². The molecule has 9 nitrogen and oxygen atoms in total. The van der Waals surface area contributed by atoms with E-state index < -0.39 is 11.7 Å². The Morgan fingerprint density at radius 3 is 2.94 bits per heavy atom. The molecular formula is C20H17BrFN5O4. The van der Waals surface area contributed by atoms with Gasteiger partial charge in [0.2, 0.25) is 11.9 Å². The lowest BCUT2D eigenvalue weighted by Crippen LogP contribution is -2.29. The quantitative estimate of drug-likeness (QED) is 0.550. The van der Waals surface area contributed by atoms with Crippen LogP contribution in [0.1, 0.15) is 18.0 Å². The molecule has 1 aliphatic heterocycles. The molecule has 1 unspecified atom stereocenters. The second kappa shape index (κ2) is 8.72. The van der Waals surface area contributed by atoms with Crippen LogP contribution < -0.4 is 20.1 Å². The van der Waals surface area contributed by atoms with E-state index in [2.05, 4.69) is 36.6 Å². The van der Waals surface area contributed by atoms with Crippen molar-refractivity contribution in [1.29, 1.82) is 0 Å². The van der Waals surface area contributed by atoms with E-state index in [-0.39, 0.29) is 30.7 Å². The summed E-state index contributed by atoms with van der Waals surface area (Å²) >= 11 is 3.16. The monoisotopic (exact) mass is 489 g/mol. The summed E-state index contributed by atoms with van der Waals surface area (Å²) in [4.78, 5) is 28.2. The molecule has 1 aromatic heterocycles. The van der Waals surface area contributed by atoms with Gasteiger partial charge < -0.3 is 14.8 Å². The minimum atomic E-state index is -0.561. The highest BCUT2D eigenvalue weighted by Gasteiger charge is 2.28. The summed E-state index contributed by atoms with van der Waals surface area (Å²) in [6, 6.07) is 9.10. The van der Waals surface area contributed by atoms with Crippen molar-refractivity contribution in [3.63, 3.8) is 0 Å². The predicted molar refractivity (Wildman–Crippen MR) is 113 cm³/mol. The molecule has 4 rings (SSSR count). The number of methoxy groups -OCH3 is 1. The number of fused-ring (bicyclic) bond motifs is 1. The van der Waals surface area contributed by atoms with Crippen LogP contribution in [0.5, 0.6) is 11.5 Å². The van der Waals surface area contributed by atoms with Crippen molar-refractivity contribution < 1.29 is 23.5 Å². The fraction of sp³-hybridized carbons (Fsp3) is 0.200. The molecule has 2 heterocycles. The highest BCUT2D eigenvalue weighted by molar-refractivity contribution is 9.10. The van der Waals surface area contributed by atoms with Gasteiger partial charge in [-0.15, -0.1) is 0 Å². The Kier molecular flexibility index (Phi) is 5.85. The highest BCUT2D eigenvalue weighted by atomic mass is 79.9. The van der Waals surface area contributed by atoms with Gasteiger partial charge in [0, 0.05) is 4.47 Å². The molecule has 2 aromatic carbocycles. The molecule has 0 bridgehead atoms. The Balaban J connectivity index is 1.47. The van der Waals surface area contributed by atoms with E-state index in [1.165, 1.54) is 25.6 Å². The van der Waals surface area contributed by atoms with E-state index in [4.69, 9.17) is 9.47 Å². The molecule has 0 saturated heterocycles. The average Bonchev–Trinajstić information content (AvgIpc) is 3.22. The first-order valence-electron chi connectivity index (χ1n) is 9.19. The van der Waals surface area contributed by atoms with Crippen molar-refractivity contribution in [2.75, 3.05) is 24.4 Å². The molecule has 3 aromatic rings. The minimum absolute atomic E-state index is 0.0540. The number of ether oxygens (including phenoxy) is 2. The second-order valence-corrected chi connectivity index (χ2v) is 7.58. The van der Waals surface area contributed by atoms with Gasteiger partial charge in [-0.05, 0) is 35.9 Å². The number of carbonyl (C=O) groups is 2. The van der Waals surface area contributed by atoms with Crippen molar-refractivity contribution in [1.82, 2.24) is 14.8 Å². The summed E-state index contributed by atoms with van der Waals surface area (Å²) in [7, 11) is 1.47. The number of hydrogen-bond donors (Lipinski definition) is 2. The van der Waals surface area contributed by atoms with Gasteiger partial charge in [0.05, 0.1) is 25.3 Å². The maximum atomic E-state index is 13.9. The van der Waals surface area contributed by atoms with Crippen LogP contribution in [0, 0.1) is 5.82 Å². The SMILES string of the molecule is COc1cc(C2CC(=O)Nc3ncnn32)ccc1OCC(=O)Nc1ccc(Br)cc1F. The standard InChI is InChI=1S/C20H17BrFN5O4/c1-30-17-6-11(15-8-18(28)26-20-23-10-24-27(15)20)2-5-16(17)31-9-19(29)25-14-4-3-12(21)7-13(14)22/h2-7,10,15H,8-9H2,1H3,(H,25,29)(H,23,24,26,28). The van der Waals surface area contributed by atoms with Crippen molar-refractivity contribution in [2.45, 2.75) is 12.5 Å². The number of benzene rings is 2. The van der Waals surface area contributed by atoms with Gasteiger partial charge in [0.1, 0.15) is 12.1 Å². The van der Waals surface area contributed by atoms with Crippen molar-refractivity contribution in [2.24, 2.45) is 0 Å². The number of rotatable bonds is 6. The number of aromatic nitrogens is 3. The van der Waals surface area contributed by atoms with Crippen LogP contribution in [-0.4, -0.2) is 40.3 Å².